The minimum Gasteiger partial charge on any atom is -0.368 e. The lowest BCUT2D eigenvalue weighted by molar-refractivity contribution is 0.555. The lowest BCUT2D eigenvalue weighted by atomic mass is 9.91. The number of rotatable bonds is 3. The standard InChI is InChI=1S/C14H18N4/c1-18-7-6-14(17-18)16-10-12-9-15-8-11-4-2-3-5-13(11)12/h2-7,12,15H,8-10H2,1H3,(H,16,17). The fraction of sp³-hybridized carbons (Fsp3) is 0.357. The molecule has 3 rings (SSSR count). The molecule has 2 aromatic rings. The van der Waals surface area contributed by atoms with E-state index in [9.17, 15) is 0 Å². The van der Waals surface area contributed by atoms with Gasteiger partial charge in [0.25, 0.3) is 0 Å². The number of benzene rings is 1. The van der Waals surface area contributed by atoms with Crippen LogP contribution in [0.15, 0.2) is 36.5 Å². The van der Waals surface area contributed by atoms with Gasteiger partial charge in [0.05, 0.1) is 0 Å². The first-order valence-corrected chi connectivity index (χ1v) is 6.35. The molecule has 4 heteroatoms. The summed E-state index contributed by atoms with van der Waals surface area (Å²) in [6.07, 6.45) is 1.95. The number of aryl methyl sites for hydroxylation is 1. The monoisotopic (exact) mass is 242 g/mol. The maximum absolute atomic E-state index is 4.34. The second-order valence-corrected chi connectivity index (χ2v) is 4.78. The Morgan fingerprint density at radius 3 is 3.11 bits per heavy atom. The van der Waals surface area contributed by atoms with E-state index in [0.29, 0.717) is 5.92 Å². The fourth-order valence-electron chi connectivity index (χ4n) is 2.50. The molecule has 0 amide bonds. The van der Waals surface area contributed by atoms with Crippen LogP contribution in [-0.4, -0.2) is 22.9 Å². The van der Waals surface area contributed by atoms with Gasteiger partial charge >= 0.3 is 0 Å². The molecule has 1 aromatic carbocycles. The Hall–Kier alpha value is -1.81. The molecule has 2 heterocycles. The molecule has 0 saturated heterocycles. The van der Waals surface area contributed by atoms with Crippen LogP contribution < -0.4 is 10.6 Å². The number of aromatic nitrogens is 2. The summed E-state index contributed by atoms with van der Waals surface area (Å²) in [5, 5.41) is 11.2. The predicted octanol–water partition coefficient (Wildman–Crippen LogP) is 1.72. The molecular weight excluding hydrogens is 224 g/mol. The van der Waals surface area contributed by atoms with E-state index in [4.69, 9.17) is 0 Å². The molecule has 1 aromatic heterocycles. The first-order valence-electron chi connectivity index (χ1n) is 6.35. The van der Waals surface area contributed by atoms with Gasteiger partial charge in [-0.05, 0) is 11.1 Å². The zero-order valence-electron chi connectivity index (χ0n) is 10.6. The minimum absolute atomic E-state index is 0.511. The molecule has 0 aliphatic carbocycles. The smallest absolute Gasteiger partial charge is 0.147 e. The summed E-state index contributed by atoms with van der Waals surface area (Å²) in [6.45, 7) is 2.92. The molecule has 4 nitrogen and oxygen atoms in total. The van der Waals surface area contributed by atoms with Crippen molar-refractivity contribution in [2.45, 2.75) is 12.5 Å². The molecule has 2 N–H and O–H groups in total. The Morgan fingerprint density at radius 2 is 2.28 bits per heavy atom. The zero-order chi connectivity index (χ0) is 12.4. The molecule has 18 heavy (non-hydrogen) atoms. The van der Waals surface area contributed by atoms with Crippen LogP contribution in [0.1, 0.15) is 17.0 Å². The van der Waals surface area contributed by atoms with Gasteiger partial charge in [-0.3, -0.25) is 4.68 Å². The Balaban J connectivity index is 1.71. The quantitative estimate of drug-likeness (QED) is 0.861. The molecule has 0 saturated carbocycles. The maximum Gasteiger partial charge on any atom is 0.147 e. The van der Waals surface area contributed by atoms with Crippen LogP contribution in [0.5, 0.6) is 0 Å². The summed E-state index contributed by atoms with van der Waals surface area (Å²) in [4.78, 5) is 0. The van der Waals surface area contributed by atoms with E-state index >= 15 is 0 Å². The molecule has 94 valence electrons. The van der Waals surface area contributed by atoms with E-state index in [1.165, 1.54) is 11.1 Å². The lowest BCUT2D eigenvalue weighted by Crippen LogP contribution is -2.31. The van der Waals surface area contributed by atoms with Crippen LogP contribution >= 0.6 is 0 Å². The van der Waals surface area contributed by atoms with E-state index in [1.807, 2.05) is 24.0 Å². The largest absolute Gasteiger partial charge is 0.368 e. The minimum atomic E-state index is 0.511. The Morgan fingerprint density at radius 1 is 1.39 bits per heavy atom. The van der Waals surface area contributed by atoms with Crippen molar-refractivity contribution in [2.24, 2.45) is 7.05 Å². The van der Waals surface area contributed by atoms with Gasteiger partial charge < -0.3 is 10.6 Å². The van der Waals surface area contributed by atoms with E-state index in [2.05, 4.69) is 40.0 Å². The first kappa shape index (κ1) is 11.3. The molecule has 0 bridgehead atoms. The third-order valence-corrected chi connectivity index (χ3v) is 3.44. The Kier molecular flexibility index (Phi) is 3.02. The van der Waals surface area contributed by atoms with Crippen molar-refractivity contribution < 1.29 is 0 Å². The normalized spacial score (nSPS) is 18.4. The molecule has 0 fully saturated rings. The zero-order valence-corrected chi connectivity index (χ0v) is 10.6. The van der Waals surface area contributed by atoms with Crippen LogP contribution in [0, 0.1) is 0 Å². The van der Waals surface area contributed by atoms with Crippen LogP contribution in [0.25, 0.3) is 0 Å². The third-order valence-electron chi connectivity index (χ3n) is 3.44. The van der Waals surface area contributed by atoms with E-state index in [-0.39, 0.29) is 0 Å². The second-order valence-electron chi connectivity index (χ2n) is 4.78. The summed E-state index contributed by atoms with van der Waals surface area (Å²) in [5.41, 5.74) is 2.87. The van der Waals surface area contributed by atoms with Gasteiger partial charge in [-0.25, -0.2) is 0 Å². The van der Waals surface area contributed by atoms with Crippen molar-refractivity contribution in [3.8, 4) is 0 Å². The first-order chi connectivity index (χ1) is 8.83. The molecule has 1 atom stereocenters. The maximum atomic E-state index is 4.34. The number of nitrogens with zero attached hydrogens (tertiary/aromatic N) is 2. The van der Waals surface area contributed by atoms with Crippen molar-refractivity contribution >= 4 is 5.82 Å². The molecular formula is C14H18N4. The van der Waals surface area contributed by atoms with Gasteiger partial charge in [-0.1, -0.05) is 24.3 Å². The van der Waals surface area contributed by atoms with Gasteiger partial charge in [-0.15, -0.1) is 0 Å². The lowest BCUT2D eigenvalue weighted by Gasteiger charge is -2.26. The SMILES string of the molecule is Cn1ccc(NCC2CNCc3ccccc32)n1. The summed E-state index contributed by atoms with van der Waals surface area (Å²) in [6, 6.07) is 10.7. The summed E-state index contributed by atoms with van der Waals surface area (Å²) >= 11 is 0. The van der Waals surface area contributed by atoms with Crippen LogP contribution in [0.2, 0.25) is 0 Å². The van der Waals surface area contributed by atoms with Crippen LogP contribution in [0.3, 0.4) is 0 Å². The van der Waals surface area contributed by atoms with E-state index in [1.54, 1.807) is 0 Å². The average Bonchev–Trinajstić information content (AvgIpc) is 2.82. The average molecular weight is 242 g/mol. The predicted molar refractivity (Wildman–Crippen MR) is 72.6 cm³/mol. The molecule has 0 radical (unpaired) electrons. The van der Waals surface area contributed by atoms with Crippen molar-refractivity contribution in [3.63, 3.8) is 0 Å². The van der Waals surface area contributed by atoms with Gasteiger partial charge in [0.2, 0.25) is 0 Å². The van der Waals surface area contributed by atoms with E-state index in [0.717, 1.165) is 25.5 Å². The van der Waals surface area contributed by atoms with Gasteiger partial charge in [-0.2, -0.15) is 5.10 Å². The third kappa shape index (κ3) is 2.24. The number of hydrogen-bond donors (Lipinski definition) is 2. The van der Waals surface area contributed by atoms with Gasteiger partial charge in [0, 0.05) is 44.9 Å². The highest BCUT2D eigenvalue weighted by molar-refractivity contribution is 5.37. The summed E-state index contributed by atoms with van der Waals surface area (Å²) in [5.74, 6) is 1.46. The van der Waals surface area contributed by atoms with Crippen molar-refractivity contribution in [2.75, 3.05) is 18.4 Å². The number of anilines is 1. The Bertz CT molecular complexity index is 532. The van der Waals surface area contributed by atoms with Gasteiger partial charge in [0.15, 0.2) is 0 Å². The van der Waals surface area contributed by atoms with Gasteiger partial charge in [0.1, 0.15) is 5.82 Å². The molecule has 1 unspecified atom stereocenters. The number of nitrogens with one attached hydrogen (secondary N) is 2. The number of fused-ring (bicyclic) bond motifs is 1. The summed E-state index contributed by atoms with van der Waals surface area (Å²) in [7, 11) is 1.93. The molecule has 1 aliphatic rings. The molecule has 1 aliphatic heterocycles. The molecule has 0 spiro atoms. The second kappa shape index (κ2) is 4.82. The van der Waals surface area contributed by atoms with E-state index < -0.39 is 0 Å². The topological polar surface area (TPSA) is 41.9 Å². The highest BCUT2D eigenvalue weighted by atomic mass is 15.3. The van der Waals surface area contributed by atoms with Crippen molar-refractivity contribution in [1.82, 2.24) is 15.1 Å². The number of hydrogen-bond acceptors (Lipinski definition) is 3. The summed E-state index contributed by atoms with van der Waals surface area (Å²) < 4.78 is 1.81. The van der Waals surface area contributed by atoms with Crippen LogP contribution in [0.4, 0.5) is 5.82 Å². The highest BCUT2D eigenvalue weighted by Crippen LogP contribution is 2.23. The van der Waals surface area contributed by atoms with Crippen molar-refractivity contribution in [3.05, 3.63) is 47.7 Å². The van der Waals surface area contributed by atoms with Crippen molar-refractivity contribution in [1.29, 1.82) is 0 Å². The highest BCUT2D eigenvalue weighted by Gasteiger charge is 2.19. The fourth-order valence-corrected chi connectivity index (χ4v) is 2.50. The Labute approximate surface area is 107 Å². The van der Waals surface area contributed by atoms with Crippen LogP contribution in [-0.2, 0) is 13.6 Å².